The Hall–Kier alpha value is -2.28. The standard InChI is InChI=1S/C12H12N2O4S/c1-17-10-4-6-12(7-5-10)19(15,16)14-13-9-11-3-2-8-18-11/h2-9,14H,1H3/b13-9-. The molecule has 0 spiro atoms. The van der Waals surface area contributed by atoms with Crippen LogP contribution in [0, 0.1) is 0 Å². The van der Waals surface area contributed by atoms with Gasteiger partial charge in [-0.1, -0.05) is 0 Å². The van der Waals surface area contributed by atoms with E-state index in [2.05, 4.69) is 9.93 Å². The van der Waals surface area contributed by atoms with E-state index < -0.39 is 10.0 Å². The third-order valence-corrected chi connectivity index (χ3v) is 3.52. The Kier molecular flexibility index (Phi) is 3.86. The van der Waals surface area contributed by atoms with Crippen molar-refractivity contribution in [1.82, 2.24) is 4.83 Å². The third kappa shape index (κ3) is 3.35. The molecule has 0 aliphatic carbocycles. The highest BCUT2D eigenvalue weighted by molar-refractivity contribution is 7.89. The van der Waals surface area contributed by atoms with Gasteiger partial charge in [-0.05, 0) is 36.4 Å². The second-order valence-corrected chi connectivity index (χ2v) is 5.20. The Morgan fingerprint density at radius 1 is 1.26 bits per heavy atom. The highest BCUT2D eigenvalue weighted by Gasteiger charge is 2.12. The zero-order chi connectivity index (χ0) is 13.7. The van der Waals surface area contributed by atoms with Gasteiger partial charge in [0.25, 0.3) is 10.0 Å². The molecule has 1 aromatic carbocycles. The molecular formula is C12H12N2O4S. The molecular weight excluding hydrogens is 268 g/mol. The fourth-order valence-electron chi connectivity index (χ4n) is 1.33. The van der Waals surface area contributed by atoms with E-state index in [1.54, 1.807) is 24.3 Å². The van der Waals surface area contributed by atoms with E-state index in [4.69, 9.17) is 9.15 Å². The molecule has 0 fully saturated rings. The van der Waals surface area contributed by atoms with Crippen molar-refractivity contribution < 1.29 is 17.6 Å². The van der Waals surface area contributed by atoms with Gasteiger partial charge in [0.15, 0.2) is 0 Å². The fraction of sp³-hybridized carbons (Fsp3) is 0.0833. The first-order chi connectivity index (χ1) is 9.12. The summed E-state index contributed by atoms with van der Waals surface area (Å²) in [5.74, 6) is 1.04. The molecule has 19 heavy (non-hydrogen) atoms. The molecule has 1 N–H and O–H groups in total. The van der Waals surface area contributed by atoms with Gasteiger partial charge in [0, 0.05) is 0 Å². The largest absolute Gasteiger partial charge is 0.497 e. The number of sulfonamides is 1. The van der Waals surface area contributed by atoms with Crippen LogP contribution >= 0.6 is 0 Å². The minimum atomic E-state index is -3.68. The first kappa shape index (κ1) is 13.2. The van der Waals surface area contributed by atoms with Crippen LogP contribution in [0.4, 0.5) is 0 Å². The molecule has 0 amide bonds. The van der Waals surface area contributed by atoms with Crippen LogP contribution in [-0.4, -0.2) is 21.7 Å². The Morgan fingerprint density at radius 3 is 2.58 bits per heavy atom. The van der Waals surface area contributed by atoms with E-state index in [1.165, 1.54) is 31.7 Å². The van der Waals surface area contributed by atoms with Crippen molar-refractivity contribution >= 4 is 16.2 Å². The Morgan fingerprint density at radius 2 is 2.00 bits per heavy atom. The van der Waals surface area contributed by atoms with Crippen LogP contribution in [0.3, 0.4) is 0 Å². The summed E-state index contributed by atoms with van der Waals surface area (Å²) in [5, 5.41) is 3.62. The SMILES string of the molecule is COc1ccc(S(=O)(=O)N/N=C\c2ccco2)cc1. The summed E-state index contributed by atoms with van der Waals surface area (Å²) in [6.45, 7) is 0. The minimum Gasteiger partial charge on any atom is -0.497 e. The summed E-state index contributed by atoms with van der Waals surface area (Å²) >= 11 is 0. The maximum Gasteiger partial charge on any atom is 0.276 e. The average molecular weight is 280 g/mol. The van der Waals surface area contributed by atoms with Crippen molar-refractivity contribution in [2.75, 3.05) is 7.11 Å². The van der Waals surface area contributed by atoms with E-state index in [9.17, 15) is 8.42 Å². The summed E-state index contributed by atoms with van der Waals surface area (Å²) in [6.07, 6.45) is 2.75. The van der Waals surface area contributed by atoms with Gasteiger partial charge in [0.05, 0.1) is 24.5 Å². The predicted molar refractivity (Wildman–Crippen MR) is 69.6 cm³/mol. The van der Waals surface area contributed by atoms with Crippen LogP contribution in [-0.2, 0) is 10.0 Å². The number of benzene rings is 1. The quantitative estimate of drug-likeness (QED) is 0.666. The molecule has 100 valence electrons. The van der Waals surface area contributed by atoms with Crippen molar-refractivity contribution in [1.29, 1.82) is 0 Å². The zero-order valence-electron chi connectivity index (χ0n) is 10.1. The number of hydrogen-bond acceptors (Lipinski definition) is 5. The number of hydrazone groups is 1. The van der Waals surface area contributed by atoms with Gasteiger partial charge in [-0.2, -0.15) is 18.4 Å². The second kappa shape index (κ2) is 5.57. The Labute approximate surface area is 110 Å². The highest BCUT2D eigenvalue weighted by Crippen LogP contribution is 2.15. The summed E-state index contributed by atoms with van der Waals surface area (Å²) in [5.41, 5.74) is 0. The van der Waals surface area contributed by atoms with E-state index in [1.807, 2.05) is 0 Å². The lowest BCUT2D eigenvalue weighted by Gasteiger charge is -2.04. The molecule has 0 saturated heterocycles. The maximum atomic E-state index is 11.9. The Bertz CT molecular complexity index is 646. The fourth-order valence-corrected chi connectivity index (χ4v) is 2.12. The van der Waals surface area contributed by atoms with Crippen molar-refractivity contribution in [2.24, 2.45) is 5.10 Å². The summed E-state index contributed by atoms with van der Waals surface area (Å²) < 4.78 is 33.7. The van der Waals surface area contributed by atoms with Gasteiger partial charge in [0.2, 0.25) is 0 Å². The smallest absolute Gasteiger partial charge is 0.276 e. The first-order valence-electron chi connectivity index (χ1n) is 5.34. The van der Waals surface area contributed by atoms with Crippen molar-refractivity contribution in [3.05, 3.63) is 48.4 Å². The van der Waals surface area contributed by atoms with Crippen LogP contribution in [0.25, 0.3) is 0 Å². The molecule has 0 atom stereocenters. The number of nitrogens with one attached hydrogen (secondary N) is 1. The molecule has 0 bridgehead atoms. The van der Waals surface area contributed by atoms with Gasteiger partial charge >= 0.3 is 0 Å². The number of methoxy groups -OCH3 is 1. The van der Waals surface area contributed by atoms with Gasteiger partial charge in [-0.25, -0.2) is 0 Å². The molecule has 0 aliphatic heterocycles. The molecule has 6 nitrogen and oxygen atoms in total. The summed E-state index contributed by atoms with van der Waals surface area (Å²) in [6, 6.07) is 9.33. The number of ether oxygens (including phenoxy) is 1. The number of hydrogen-bond donors (Lipinski definition) is 1. The molecule has 0 saturated carbocycles. The van der Waals surface area contributed by atoms with E-state index >= 15 is 0 Å². The van der Waals surface area contributed by atoms with Gasteiger partial charge in [-0.3, -0.25) is 0 Å². The number of nitrogens with zero attached hydrogens (tertiary/aromatic N) is 1. The third-order valence-electron chi connectivity index (χ3n) is 2.28. The normalized spacial score (nSPS) is 11.6. The topological polar surface area (TPSA) is 80.9 Å². The molecule has 0 aliphatic rings. The highest BCUT2D eigenvalue weighted by atomic mass is 32.2. The summed E-state index contributed by atoms with van der Waals surface area (Å²) in [7, 11) is -2.17. The van der Waals surface area contributed by atoms with Gasteiger partial charge < -0.3 is 9.15 Å². The first-order valence-corrected chi connectivity index (χ1v) is 6.82. The predicted octanol–water partition coefficient (Wildman–Crippen LogP) is 1.60. The molecule has 0 radical (unpaired) electrons. The van der Waals surface area contributed by atoms with Gasteiger partial charge in [0.1, 0.15) is 11.5 Å². The lowest BCUT2D eigenvalue weighted by atomic mass is 10.3. The number of furan rings is 1. The molecule has 7 heteroatoms. The molecule has 0 unspecified atom stereocenters. The minimum absolute atomic E-state index is 0.102. The van der Waals surface area contributed by atoms with Crippen molar-refractivity contribution in [2.45, 2.75) is 4.90 Å². The van der Waals surface area contributed by atoms with Crippen LogP contribution in [0.5, 0.6) is 5.75 Å². The molecule has 1 aromatic heterocycles. The van der Waals surface area contributed by atoms with Crippen LogP contribution in [0.2, 0.25) is 0 Å². The zero-order valence-corrected chi connectivity index (χ0v) is 10.9. The maximum absolute atomic E-state index is 11.9. The van der Waals surface area contributed by atoms with E-state index in [-0.39, 0.29) is 4.90 Å². The molecule has 2 aromatic rings. The van der Waals surface area contributed by atoms with E-state index in [0.717, 1.165) is 0 Å². The van der Waals surface area contributed by atoms with Crippen LogP contribution < -0.4 is 9.57 Å². The molecule has 1 heterocycles. The number of rotatable bonds is 5. The second-order valence-electron chi connectivity index (χ2n) is 3.54. The lowest BCUT2D eigenvalue weighted by molar-refractivity contribution is 0.414. The molecule has 2 rings (SSSR count). The van der Waals surface area contributed by atoms with Crippen molar-refractivity contribution in [3.8, 4) is 5.75 Å². The average Bonchev–Trinajstić information content (AvgIpc) is 2.92. The Balaban J connectivity index is 2.09. The monoisotopic (exact) mass is 280 g/mol. The lowest BCUT2D eigenvalue weighted by Crippen LogP contribution is -2.18. The van der Waals surface area contributed by atoms with E-state index in [0.29, 0.717) is 11.5 Å². The van der Waals surface area contributed by atoms with Crippen molar-refractivity contribution in [3.63, 3.8) is 0 Å². The van der Waals surface area contributed by atoms with Crippen LogP contribution in [0.1, 0.15) is 5.76 Å². The van der Waals surface area contributed by atoms with Crippen LogP contribution in [0.15, 0.2) is 57.1 Å². The van der Waals surface area contributed by atoms with Gasteiger partial charge in [-0.15, -0.1) is 0 Å². The summed E-state index contributed by atoms with van der Waals surface area (Å²) in [4.78, 5) is 2.19.